The normalized spacial score (nSPS) is 17.3. The zero-order valence-corrected chi connectivity index (χ0v) is 22.2. The van der Waals surface area contributed by atoms with Gasteiger partial charge in [-0.05, 0) is 76.8 Å². The number of benzene rings is 2. The number of hydrogen-bond acceptors (Lipinski definition) is 5. The number of nitrogens with one attached hydrogen (secondary N) is 1. The minimum atomic E-state index is -0.898. The molecule has 1 aliphatic rings. The van der Waals surface area contributed by atoms with Crippen LogP contribution in [0.15, 0.2) is 42.6 Å². The number of pyridine rings is 1. The van der Waals surface area contributed by atoms with Gasteiger partial charge >= 0.3 is 6.09 Å². The van der Waals surface area contributed by atoms with Crippen LogP contribution in [0.5, 0.6) is 23.0 Å². The summed E-state index contributed by atoms with van der Waals surface area (Å²) in [4.78, 5) is 20.8. The van der Waals surface area contributed by atoms with Crippen molar-refractivity contribution in [2.75, 3.05) is 13.7 Å². The summed E-state index contributed by atoms with van der Waals surface area (Å²) in [5.41, 5.74) is 1.74. The minimum absolute atomic E-state index is 0.0178. The predicted octanol–water partition coefficient (Wildman–Crippen LogP) is 6.90. The van der Waals surface area contributed by atoms with Gasteiger partial charge in [-0.1, -0.05) is 0 Å². The second-order valence-electron chi connectivity index (χ2n) is 10.8. The Morgan fingerprint density at radius 2 is 1.87 bits per heavy atom. The molecule has 0 radical (unpaired) electrons. The van der Waals surface area contributed by atoms with Crippen molar-refractivity contribution in [1.29, 1.82) is 0 Å². The molecule has 0 spiro atoms. The maximum Gasteiger partial charge on any atom is 0.407 e. The summed E-state index contributed by atoms with van der Waals surface area (Å²) in [6.07, 6.45) is 2.19. The number of amides is 1. The third kappa shape index (κ3) is 4.80. The van der Waals surface area contributed by atoms with E-state index in [1.54, 1.807) is 49.7 Å². The molecule has 2 heterocycles. The number of halogens is 1. The molecule has 8 nitrogen and oxygen atoms in total. The molecule has 1 aliphatic carbocycles. The van der Waals surface area contributed by atoms with E-state index >= 15 is 4.39 Å². The number of hydrogen-bond donors (Lipinski definition) is 2. The molecule has 1 fully saturated rings. The first-order chi connectivity index (χ1) is 18.0. The maximum atomic E-state index is 15.1. The van der Waals surface area contributed by atoms with Gasteiger partial charge in [0, 0.05) is 45.8 Å². The summed E-state index contributed by atoms with van der Waals surface area (Å²) >= 11 is 0. The molecule has 0 bridgehead atoms. The molecule has 0 aliphatic heterocycles. The van der Waals surface area contributed by atoms with E-state index in [9.17, 15) is 9.90 Å². The Bertz CT molecular complexity index is 1500. The number of carboxylic acid groups (broad SMARTS) is 1. The van der Waals surface area contributed by atoms with E-state index in [0.717, 1.165) is 18.5 Å². The number of rotatable bonds is 7. The molecule has 0 atom stereocenters. The van der Waals surface area contributed by atoms with Crippen molar-refractivity contribution in [3.63, 3.8) is 0 Å². The van der Waals surface area contributed by atoms with E-state index in [-0.39, 0.29) is 17.7 Å². The largest absolute Gasteiger partial charge is 0.493 e. The maximum absolute atomic E-state index is 15.1. The topological polar surface area (TPSA) is 96.9 Å². The second kappa shape index (κ2) is 9.70. The molecule has 9 heteroatoms. The standard InChI is InChI=1S/C29H32FN3O5/c1-16-10-20-21(32-16)6-7-24(27(20)30)38-23-8-9-31-22-14-26(25(36-5)13-19(22)23)37-15-17-11-18(12-17)33(28(34)35)29(2,3)4/h6-10,13-14,17-18,32H,11-12,15H2,1-5H3,(H,34,35). The molecule has 2 aromatic heterocycles. The zero-order valence-electron chi connectivity index (χ0n) is 22.2. The molecule has 0 saturated heterocycles. The minimum Gasteiger partial charge on any atom is -0.493 e. The number of methoxy groups -OCH3 is 1. The van der Waals surface area contributed by atoms with Crippen LogP contribution in [-0.2, 0) is 0 Å². The van der Waals surface area contributed by atoms with E-state index < -0.39 is 17.4 Å². The number of ether oxygens (including phenoxy) is 3. The van der Waals surface area contributed by atoms with Crippen LogP contribution >= 0.6 is 0 Å². The zero-order chi connectivity index (χ0) is 27.2. The Morgan fingerprint density at radius 3 is 2.55 bits per heavy atom. The van der Waals surface area contributed by atoms with Gasteiger partial charge in [0.05, 0.1) is 19.2 Å². The predicted molar refractivity (Wildman–Crippen MR) is 143 cm³/mol. The van der Waals surface area contributed by atoms with Crippen LogP contribution in [0.4, 0.5) is 9.18 Å². The highest BCUT2D eigenvalue weighted by Gasteiger charge is 2.41. The quantitative estimate of drug-likeness (QED) is 0.275. The van der Waals surface area contributed by atoms with E-state index in [1.165, 1.54) is 4.90 Å². The summed E-state index contributed by atoms with van der Waals surface area (Å²) < 4.78 is 32.8. The van der Waals surface area contributed by atoms with Crippen LogP contribution in [0.3, 0.4) is 0 Å². The van der Waals surface area contributed by atoms with Crippen molar-refractivity contribution >= 4 is 27.9 Å². The van der Waals surface area contributed by atoms with Crippen LogP contribution in [0.25, 0.3) is 21.8 Å². The molecule has 2 aromatic carbocycles. The average molecular weight is 522 g/mol. The Balaban J connectivity index is 1.33. The van der Waals surface area contributed by atoms with Gasteiger partial charge in [-0.2, -0.15) is 0 Å². The highest BCUT2D eigenvalue weighted by molar-refractivity contribution is 5.89. The molecule has 200 valence electrons. The van der Waals surface area contributed by atoms with Crippen molar-refractivity contribution in [3.05, 3.63) is 54.1 Å². The van der Waals surface area contributed by atoms with E-state index in [4.69, 9.17) is 14.2 Å². The van der Waals surface area contributed by atoms with E-state index in [1.807, 2.05) is 27.7 Å². The molecule has 38 heavy (non-hydrogen) atoms. The lowest BCUT2D eigenvalue weighted by atomic mass is 9.78. The third-order valence-electron chi connectivity index (χ3n) is 7.02. The van der Waals surface area contributed by atoms with Crippen LogP contribution in [0.2, 0.25) is 0 Å². The summed E-state index contributed by atoms with van der Waals surface area (Å²) in [6.45, 7) is 8.03. The van der Waals surface area contributed by atoms with Gasteiger partial charge in [0.15, 0.2) is 23.1 Å². The molecule has 1 saturated carbocycles. The van der Waals surface area contributed by atoms with Crippen LogP contribution < -0.4 is 14.2 Å². The lowest BCUT2D eigenvalue weighted by Crippen LogP contribution is -2.56. The lowest BCUT2D eigenvalue weighted by Gasteiger charge is -2.47. The molecule has 5 rings (SSSR count). The number of aromatic nitrogens is 2. The number of fused-ring (bicyclic) bond motifs is 2. The average Bonchev–Trinajstić information content (AvgIpc) is 3.21. The first kappa shape index (κ1) is 25.6. The molecule has 0 unspecified atom stereocenters. The van der Waals surface area contributed by atoms with Crippen molar-refractivity contribution in [1.82, 2.24) is 14.9 Å². The summed E-state index contributed by atoms with van der Waals surface area (Å²) in [6, 6.07) is 10.4. The number of nitrogens with zero attached hydrogens (tertiary/aromatic N) is 2. The number of H-pyrrole nitrogens is 1. The summed E-state index contributed by atoms with van der Waals surface area (Å²) in [5, 5.41) is 10.8. The molecular formula is C29H32FN3O5. The molecular weight excluding hydrogens is 489 g/mol. The molecule has 4 aromatic rings. The highest BCUT2D eigenvalue weighted by Crippen LogP contribution is 2.40. The monoisotopic (exact) mass is 521 g/mol. The van der Waals surface area contributed by atoms with Gasteiger partial charge < -0.3 is 29.2 Å². The SMILES string of the molecule is COc1cc2c(Oc3ccc4[nH]c(C)cc4c3F)ccnc2cc1OCC1CC(N(C(=O)O)C(C)(C)C)C1. The van der Waals surface area contributed by atoms with E-state index in [2.05, 4.69) is 9.97 Å². The Hall–Kier alpha value is -4.01. The van der Waals surface area contributed by atoms with Gasteiger partial charge in [0.1, 0.15) is 5.75 Å². The number of aryl methyl sites for hydroxylation is 1. The van der Waals surface area contributed by atoms with Gasteiger partial charge in [-0.3, -0.25) is 4.98 Å². The van der Waals surface area contributed by atoms with Crippen LogP contribution in [-0.4, -0.2) is 51.4 Å². The van der Waals surface area contributed by atoms with Gasteiger partial charge in [-0.15, -0.1) is 0 Å². The Kier molecular flexibility index (Phi) is 6.54. The first-order valence-corrected chi connectivity index (χ1v) is 12.6. The fourth-order valence-corrected chi connectivity index (χ4v) is 5.22. The lowest BCUT2D eigenvalue weighted by molar-refractivity contribution is 0.00651. The van der Waals surface area contributed by atoms with Crippen LogP contribution in [0.1, 0.15) is 39.3 Å². The number of carbonyl (C=O) groups is 1. The van der Waals surface area contributed by atoms with Gasteiger partial charge in [0.2, 0.25) is 0 Å². The molecule has 2 N–H and O–H groups in total. The number of aromatic amines is 1. The summed E-state index contributed by atoms with van der Waals surface area (Å²) in [7, 11) is 1.56. The first-order valence-electron chi connectivity index (χ1n) is 12.6. The smallest absolute Gasteiger partial charge is 0.407 e. The highest BCUT2D eigenvalue weighted by atomic mass is 19.1. The van der Waals surface area contributed by atoms with Crippen molar-refractivity contribution in [2.45, 2.75) is 52.1 Å². The Labute approximate surface area is 220 Å². The van der Waals surface area contributed by atoms with Gasteiger partial charge in [-0.25, -0.2) is 9.18 Å². The van der Waals surface area contributed by atoms with Gasteiger partial charge in [0.25, 0.3) is 0 Å². The van der Waals surface area contributed by atoms with E-state index in [0.29, 0.717) is 45.7 Å². The van der Waals surface area contributed by atoms with Crippen molar-refractivity contribution in [2.24, 2.45) is 5.92 Å². The fourth-order valence-electron chi connectivity index (χ4n) is 5.22. The van der Waals surface area contributed by atoms with Crippen molar-refractivity contribution < 1.29 is 28.5 Å². The Morgan fingerprint density at radius 1 is 1.11 bits per heavy atom. The van der Waals surface area contributed by atoms with Crippen LogP contribution in [0, 0.1) is 18.7 Å². The summed E-state index contributed by atoms with van der Waals surface area (Å²) in [5.74, 6) is 1.41. The third-order valence-corrected chi connectivity index (χ3v) is 7.02. The van der Waals surface area contributed by atoms with Crippen molar-refractivity contribution in [3.8, 4) is 23.0 Å². The molecule has 1 amide bonds. The fraction of sp³-hybridized carbons (Fsp3) is 0.379. The second-order valence-corrected chi connectivity index (χ2v) is 10.8.